The first-order valence-electron chi connectivity index (χ1n) is 5.16. The van der Waals surface area contributed by atoms with Crippen molar-refractivity contribution in [2.75, 3.05) is 0 Å². The molecule has 12 heavy (non-hydrogen) atoms. The largest absolute Gasteiger partial charge is 0.0890 e. The van der Waals surface area contributed by atoms with Crippen molar-refractivity contribution in [2.45, 2.75) is 57.2 Å². The lowest BCUT2D eigenvalue weighted by Gasteiger charge is -2.52. The van der Waals surface area contributed by atoms with Crippen LogP contribution in [0.4, 0.5) is 0 Å². The van der Waals surface area contributed by atoms with Crippen molar-refractivity contribution in [1.82, 2.24) is 0 Å². The molecule has 2 fully saturated rings. The summed E-state index contributed by atoms with van der Waals surface area (Å²) in [7, 11) is 0. The van der Waals surface area contributed by atoms with Gasteiger partial charge in [0.2, 0.25) is 0 Å². The molecule has 2 rings (SSSR count). The summed E-state index contributed by atoms with van der Waals surface area (Å²) < 4.78 is 0. The van der Waals surface area contributed by atoms with Gasteiger partial charge in [-0.1, -0.05) is 29.8 Å². The Labute approximate surface area is 84.2 Å². The molecule has 0 N–H and O–H groups in total. The highest BCUT2D eigenvalue weighted by Gasteiger charge is 2.46. The van der Waals surface area contributed by atoms with Crippen LogP contribution >= 0.6 is 15.9 Å². The van der Waals surface area contributed by atoms with Crippen molar-refractivity contribution >= 4 is 15.9 Å². The summed E-state index contributed by atoms with van der Waals surface area (Å²) in [6.07, 6.45) is 8.77. The van der Waals surface area contributed by atoms with Crippen molar-refractivity contribution in [3.63, 3.8) is 0 Å². The fraction of sp³-hybridized carbons (Fsp3) is 1.00. The van der Waals surface area contributed by atoms with Crippen LogP contribution in [0.15, 0.2) is 0 Å². The van der Waals surface area contributed by atoms with E-state index in [1.165, 1.54) is 38.5 Å². The molecule has 0 aliphatic heterocycles. The van der Waals surface area contributed by atoms with Crippen LogP contribution in [0, 0.1) is 10.8 Å². The molecule has 0 radical (unpaired) electrons. The fourth-order valence-electron chi connectivity index (χ4n) is 2.75. The molecular formula is C11H19Br. The first kappa shape index (κ1) is 9.05. The Morgan fingerprint density at radius 2 is 1.50 bits per heavy atom. The van der Waals surface area contributed by atoms with E-state index < -0.39 is 0 Å². The molecule has 0 aromatic rings. The van der Waals surface area contributed by atoms with Gasteiger partial charge in [-0.25, -0.2) is 0 Å². The summed E-state index contributed by atoms with van der Waals surface area (Å²) in [6, 6.07) is 0. The smallest absolute Gasteiger partial charge is 0.0156 e. The minimum atomic E-state index is 0.642. The van der Waals surface area contributed by atoms with Gasteiger partial charge in [0.1, 0.15) is 0 Å². The molecule has 0 heterocycles. The molecule has 0 saturated heterocycles. The van der Waals surface area contributed by atoms with E-state index in [2.05, 4.69) is 29.8 Å². The van der Waals surface area contributed by atoms with Gasteiger partial charge in [0.15, 0.2) is 0 Å². The Kier molecular flexibility index (Phi) is 2.06. The minimum Gasteiger partial charge on any atom is -0.0890 e. The van der Waals surface area contributed by atoms with Crippen LogP contribution in [0.25, 0.3) is 0 Å². The molecule has 0 amide bonds. The molecular weight excluding hydrogens is 212 g/mol. The van der Waals surface area contributed by atoms with E-state index in [4.69, 9.17) is 0 Å². The molecule has 2 saturated carbocycles. The third-order valence-electron chi connectivity index (χ3n) is 3.97. The Bertz CT molecular complexity index is 165. The van der Waals surface area contributed by atoms with E-state index in [1.807, 2.05) is 0 Å². The summed E-state index contributed by atoms with van der Waals surface area (Å²) >= 11 is 3.70. The SMILES string of the molecule is CC1(C)CCC2(CC1)CC(Br)C2. The highest BCUT2D eigenvalue weighted by molar-refractivity contribution is 9.09. The third kappa shape index (κ3) is 1.57. The topological polar surface area (TPSA) is 0 Å². The average molecular weight is 231 g/mol. The molecule has 0 bridgehead atoms. The van der Waals surface area contributed by atoms with E-state index in [0.29, 0.717) is 5.41 Å². The van der Waals surface area contributed by atoms with Crippen LogP contribution in [0.5, 0.6) is 0 Å². The van der Waals surface area contributed by atoms with E-state index in [1.54, 1.807) is 0 Å². The Morgan fingerprint density at radius 3 is 1.92 bits per heavy atom. The third-order valence-corrected chi connectivity index (χ3v) is 4.62. The predicted molar refractivity (Wildman–Crippen MR) is 56.6 cm³/mol. The van der Waals surface area contributed by atoms with Gasteiger partial charge in [-0.15, -0.1) is 0 Å². The Balaban J connectivity index is 1.91. The normalized spacial score (nSPS) is 33.2. The van der Waals surface area contributed by atoms with E-state index >= 15 is 0 Å². The van der Waals surface area contributed by atoms with Gasteiger partial charge < -0.3 is 0 Å². The highest BCUT2D eigenvalue weighted by Crippen LogP contribution is 2.57. The van der Waals surface area contributed by atoms with Crippen LogP contribution in [0.3, 0.4) is 0 Å². The van der Waals surface area contributed by atoms with Gasteiger partial charge in [-0.05, 0) is 49.4 Å². The van der Waals surface area contributed by atoms with Crippen LogP contribution in [0.1, 0.15) is 52.4 Å². The van der Waals surface area contributed by atoms with Gasteiger partial charge >= 0.3 is 0 Å². The zero-order chi connectivity index (χ0) is 8.82. The number of hydrogen-bond donors (Lipinski definition) is 0. The molecule has 70 valence electrons. The maximum atomic E-state index is 3.70. The van der Waals surface area contributed by atoms with Crippen molar-refractivity contribution in [3.05, 3.63) is 0 Å². The maximum Gasteiger partial charge on any atom is 0.0156 e. The lowest BCUT2D eigenvalue weighted by Crippen LogP contribution is -2.42. The summed E-state index contributed by atoms with van der Waals surface area (Å²) in [6.45, 7) is 4.84. The number of hydrogen-bond acceptors (Lipinski definition) is 0. The molecule has 2 aliphatic rings. The fourth-order valence-corrected chi connectivity index (χ4v) is 4.12. The molecule has 2 aliphatic carbocycles. The van der Waals surface area contributed by atoms with E-state index in [9.17, 15) is 0 Å². The first-order valence-corrected chi connectivity index (χ1v) is 6.07. The molecule has 0 aromatic carbocycles. The average Bonchev–Trinajstić information content (AvgIpc) is 1.92. The van der Waals surface area contributed by atoms with Gasteiger partial charge in [-0.3, -0.25) is 0 Å². The number of halogens is 1. The number of alkyl halides is 1. The van der Waals surface area contributed by atoms with Crippen LogP contribution < -0.4 is 0 Å². The van der Waals surface area contributed by atoms with Gasteiger partial charge in [0.05, 0.1) is 0 Å². The monoisotopic (exact) mass is 230 g/mol. The van der Waals surface area contributed by atoms with E-state index in [-0.39, 0.29) is 0 Å². The van der Waals surface area contributed by atoms with Crippen molar-refractivity contribution in [3.8, 4) is 0 Å². The second kappa shape index (κ2) is 2.73. The maximum absolute atomic E-state index is 3.70. The van der Waals surface area contributed by atoms with Crippen molar-refractivity contribution < 1.29 is 0 Å². The summed E-state index contributed by atoms with van der Waals surface area (Å²) in [5, 5.41) is 0. The van der Waals surface area contributed by atoms with Crippen molar-refractivity contribution in [1.29, 1.82) is 0 Å². The predicted octanol–water partition coefficient (Wildman–Crippen LogP) is 4.13. The Hall–Kier alpha value is 0.480. The zero-order valence-electron chi connectivity index (χ0n) is 8.20. The lowest BCUT2D eigenvalue weighted by molar-refractivity contribution is 0.0359. The number of rotatable bonds is 0. The second-order valence-electron chi connectivity index (χ2n) is 5.67. The zero-order valence-corrected chi connectivity index (χ0v) is 9.78. The van der Waals surface area contributed by atoms with Crippen molar-refractivity contribution in [2.24, 2.45) is 10.8 Å². The molecule has 0 aromatic heterocycles. The van der Waals surface area contributed by atoms with Gasteiger partial charge in [0.25, 0.3) is 0 Å². The standard InChI is InChI=1S/C11H19Br/c1-10(2)3-5-11(6-4-10)7-9(12)8-11/h9H,3-8H2,1-2H3. The minimum absolute atomic E-state index is 0.642. The Morgan fingerprint density at radius 1 is 1.00 bits per heavy atom. The molecule has 0 atom stereocenters. The lowest BCUT2D eigenvalue weighted by atomic mass is 9.56. The molecule has 1 spiro atoms. The van der Waals surface area contributed by atoms with Crippen LogP contribution in [-0.2, 0) is 0 Å². The molecule has 0 nitrogen and oxygen atoms in total. The molecule has 1 heteroatoms. The quantitative estimate of drug-likeness (QED) is 0.550. The van der Waals surface area contributed by atoms with Crippen LogP contribution in [-0.4, -0.2) is 4.83 Å². The highest BCUT2D eigenvalue weighted by atomic mass is 79.9. The van der Waals surface area contributed by atoms with Gasteiger partial charge in [0, 0.05) is 4.83 Å². The van der Waals surface area contributed by atoms with E-state index in [0.717, 1.165) is 10.2 Å². The molecule has 0 unspecified atom stereocenters. The second-order valence-corrected chi connectivity index (χ2v) is 6.96. The summed E-state index contributed by atoms with van der Waals surface area (Å²) in [5.41, 5.74) is 1.42. The van der Waals surface area contributed by atoms with Crippen LogP contribution in [0.2, 0.25) is 0 Å². The first-order chi connectivity index (χ1) is 5.52. The summed E-state index contributed by atoms with van der Waals surface area (Å²) in [5.74, 6) is 0. The van der Waals surface area contributed by atoms with Gasteiger partial charge in [-0.2, -0.15) is 0 Å². The summed E-state index contributed by atoms with van der Waals surface area (Å²) in [4.78, 5) is 0.846.